The van der Waals surface area contributed by atoms with Crippen LogP contribution >= 0.6 is 0 Å². The zero-order valence-corrected chi connectivity index (χ0v) is 12.9. The van der Waals surface area contributed by atoms with E-state index in [9.17, 15) is 14.0 Å². The first-order valence-corrected chi connectivity index (χ1v) is 7.78. The summed E-state index contributed by atoms with van der Waals surface area (Å²) >= 11 is 0. The first kappa shape index (κ1) is 18.1. The van der Waals surface area contributed by atoms with Crippen molar-refractivity contribution in [2.24, 2.45) is 0 Å². The maximum Gasteiger partial charge on any atom is 0.338 e. The molecule has 0 spiro atoms. The molecule has 22 heavy (non-hydrogen) atoms. The molecule has 1 N–H and O–H groups in total. The van der Waals surface area contributed by atoms with Gasteiger partial charge in [-0.05, 0) is 18.6 Å². The summed E-state index contributed by atoms with van der Waals surface area (Å²) < 4.78 is 18.4. The van der Waals surface area contributed by atoms with Crippen molar-refractivity contribution in [2.75, 3.05) is 0 Å². The normalized spacial score (nSPS) is 10.5. The third kappa shape index (κ3) is 6.70. The second-order valence-corrected chi connectivity index (χ2v) is 5.29. The van der Waals surface area contributed by atoms with Crippen molar-refractivity contribution in [1.29, 1.82) is 0 Å². The third-order valence-corrected chi connectivity index (χ3v) is 3.39. The Bertz CT molecular complexity index is 499. The van der Waals surface area contributed by atoms with E-state index in [1.54, 1.807) is 0 Å². The number of hydrogen-bond acceptors (Lipinski definition) is 3. The molecule has 0 saturated carbocycles. The highest BCUT2D eigenvalue weighted by Gasteiger charge is 2.12. The molecule has 1 aromatic rings. The van der Waals surface area contributed by atoms with E-state index in [-0.39, 0.29) is 12.2 Å². The first-order chi connectivity index (χ1) is 10.5. The highest BCUT2D eigenvalue weighted by Crippen LogP contribution is 2.18. The number of carbonyl (C=O) groups is 2. The van der Waals surface area contributed by atoms with Crippen molar-refractivity contribution >= 4 is 11.9 Å². The molecule has 0 radical (unpaired) electrons. The molecule has 0 aromatic heterocycles. The number of carbonyl (C=O) groups excluding carboxylic acids is 1. The number of halogens is 1. The molecule has 0 aliphatic carbocycles. The minimum Gasteiger partial charge on any atom is -0.478 e. The minimum absolute atomic E-state index is 0.0374. The van der Waals surface area contributed by atoms with Crippen molar-refractivity contribution < 1.29 is 23.8 Å². The van der Waals surface area contributed by atoms with Gasteiger partial charge in [0.05, 0.1) is 5.56 Å². The van der Waals surface area contributed by atoms with E-state index < -0.39 is 23.3 Å². The Hall–Kier alpha value is -1.91. The van der Waals surface area contributed by atoms with Gasteiger partial charge in [0.15, 0.2) is 0 Å². The molecule has 0 amide bonds. The Morgan fingerprint density at radius 1 is 1.09 bits per heavy atom. The number of carboxylic acid groups (broad SMARTS) is 1. The minimum atomic E-state index is -1.35. The van der Waals surface area contributed by atoms with E-state index in [0.29, 0.717) is 0 Å². The van der Waals surface area contributed by atoms with Crippen LogP contribution in [0.5, 0.6) is 5.75 Å². The Balaban J connectivity index is 2.28. The molecule has 0 aliphatic heterocycles. The Morgan fingerprint density at radius 3 is 2.32 bits per heavy atom. The van der Waals surface area contributed by atoms with Crippen LogP contribution in [-0.4, -0.2) is 17.0 Å². The fraction of sp³-hybridized carbons (Fsp3) is 0.529. The summed E-state index contributed by atoms with van der Waals surface area (Å²) in [6, 6.07) is 3.30. The summed E-state index contributed by atoms with van der Waals surface area (Å²) in [6.07, 6.45) is 8.00. The molecule has 0 bridgehead atoms. The van der Waals surface area contributed by atoms with Gasteiger partial charge >= 0.3 is 11.9 Å². The molecule has 1 rings (SSSR count). The SMILES string of the molecule is CCCCCCCCCC(=O)Oc1ccc(C(=O)O)c(F)c1. The number of ether oxygens (including phenoxy) is 1. The summed E-state index contributed by atoms with van der Waals surface area (Å²) in [4.78, 5) is 22.3. The van der Waals surface area contributed by atoms with Gasteiger partial charge < -0.3 is 9.84 Å². The molecule has 4 nitrogen and oxygen atoms in total. The summed E-state index contributed by atoms with van der Waals surface area (Å²) in [5, 5.41) is 8.71. The Kier molecular flexibility index (Phi) is 8.18. The van der Waals surface area contributed by atoms with Crippen LogP contribution in [0.15, 0.2) is 18.2 Å². The third-order valence-electron chi connectivity index (χ3n) is 3.39. The van der Waals surface area contributed by atoms with Crippen molar-refractivity contribution in [2.45, 2.75) is 58.3 Å². The Labute approximate surface area is 130 Å². The van der Waals surface area contributed by atoms with Gasteiger partial charge in [-0.15, -0.1) is 0 Å². The number of esters is 1. The van der Waals surface area contributed by atoms with E-state index in [4.69, 9.17) is 9.84 Å². The van der Waals surface area contributed by atoms with E-state index in [1.807, 2.05) is 0 Å². The van der Waals surface area contributed by atoms with E-state index in [1.165, 1.54) is 31.7 Å². The average molecular weight is 310 g/mol. The smallest absolute Gasteiger partial charge is 0.338 e. The lowest BCUT2D eigenvalue weighted by Crippen LogP contribution is -2.08. The molecule has 0 heterocycles. The Morgan fingerprint density at radius 2 is 1.73 bits per heavy atom. The number of hydrogen-bond donors (Lipinski definition) is 1. The quantitative estimate of drug-likeness (QED) is 0.390. The fourth-order valence-electron chi connectivity index (χ4n) is 2.14. The standard InChI is InChI=1S/C17H23FO4/c1-2-3-4-5-6-7-8-9-16(19)22-13-10-11-14(17(20)21)15(18)12-13/h10-12H,2-9H2,1H3,(H,20,21). The van der Waals surface area contributed by atoms with Crippen LogP contribution in [0, 0.1) is 5.82 Å². The van der Waals surface area contributed by atoms with Crippen LogP contribution in [0.1, 0.15) is 68.6 Å². The summed E-state index contributed by atoms with van der Waals surface area (Å²) in [6.45, 7) is 2.17. The van der Waals surface area contributed by atoms with E-state index >= 15 is 0 Å². The van der Waals surface area contributed by atoms with Crippen LogP contribution in [0.25, 0.3) is 0 Å². The van der Waals surface area contributed by atoms with Gasteiger partial charge in [-0.1, -0.05) is 45.4 Å². The zero-order chi connectivity index (χ0) is 16.4. The molecule has 0 saturated heterocycles. The topological polar surface area (TPSA) is 63.6 Å². The van der Waals surface area contributed by atoms with Crippen LogP contribution in [-0.2, 0) is 4.79 Å². The lowest BCUT2D eigenvalue weighted by Gasteiger charge is -2.05. The molecule has 5 heteroatoms. The molecule has 0 aliphatic rings. The van der Waals surface area contributed by atoms with Crippen molar-refractivity contribution in [3.05, 3.63) is 29.6 Å². The van der Waals surface area contributed by atoms with Gasteiger partial charge in [-0.2, -0.15) is 0 Å². The van der Waals surface area contributed by atoms with Gasteiger partial charge in [-0.3, -0.25) is 4.79 Å². The highest BCUT2D eigenvalue weighted by molar-refractivity contribution is 5.88. The van der Waals surface area contributed by atoms with E-state index in [0.717, 1.165) is 31.4 Å². The van der Waals surface area contributed by atoms with Crippen LogP contribution in [0.2, 0.25) is 0 Å². The van der Waals surface area contributed by atoms with Crippen LogP contribution in [0.3, 0.4) is 0 Å². The molecule has 0 atom stereocenters. The van der Waals surface area contributed by atoms with Gasteiger partial charge in [0.2, 0.25) is 0 Å². The number of carboxylic acids is 1. The second-order valence-electron chi connectivity index (χ2n) is 5.29. The fourth-order valence-corrected chi connectivity index (χ4v) is 2.14. The largest absolute Gasteiger partial charge is 0.478 e. The first-order valence-electron chi connectivity index (χ1n) is 7.78. The highest BCUT2D eigenvalue weighted by atomic mass is 19.1. The molecule has 122 valence electrons. The molecular formula is C17H23FO4. The van der Waals surface area contributed by atoms with Crippen LogP contribution < -0.4 is 4.74 Å². The van der Waals surface area contributed by atoms with Crippen molar-refractivity contribution in [1.82, 2.24) is 0 Å². The average Bonchev–Trinajstić information content (AvgIpc) is 2.46. The van der Waals surface area contributed by atoms with E-state index in [2.05, 4.69) is 6.92 Å². The van der Waals surface area contributed by atoms with Crippen LogP contribution in [0.4, 0.5) is 4.39 Å². The lowest BCUT2D eigenvalue weighted by molar-refractivity contribution is -0.134. The molecule has 0 unspecified atom stereocenters. The lowest BCUT2D eigenvalue weighted by atomic mass is 10.1. The number of rotatable bonds is 10. The maximum absolute atomic E-state index is 13.4. The van der Waals surface area contributed by atoms with Crippen molar-refractivity contribution in [3.8, 4) is 5.75 Å². The summed E-state index contributed by atoms with van der Waals surface area (Å²) in [5.41, 5.74) is -0.438. The molecular weight excluding hydrogens is 287 g/mol. The maximum atomic E-state index is 13.4. The van der Waals surface area contributed by atoms with Crippen molar-refractivity contribution in [3.63, 3.8) is 0 Å². The van der Waals surface area contributed by atoms with Gasteiger partial charge in [0.25, 0.3) is 0 Å². The summed E-state index contributed by atoms with van der Waals surface area (Å²) in [5.74, 6) is -2.64. The predicted molar refractivity (Wildman–Crippen MR) is 81.6 cm³/mol. The summed E-state index contributed by atoms with van der Waals surface area (Å²) in [7, 11) is 0. The van der Waals surface area contributed by atoms with Gasteiger partial charge in [0.1, 0.15) is 11.6 Å². The predicted octanol–water partition coefficient (Wildman–Crippen LogP) is 4.57. The van der Waals surface area contributed by atoms with Gasteiger partial charge in [-0.25, -0.2) is 9.18 Å². The number of unbranched alkanes of at least 4 members (excludes halogenated alkanes) is 6. The second kappa shape index (κ2) is 9.92. The monoisotopic (exact) mass is 310 g/mol. The van der Waals surface area contributed by atoms with Gasteiger partial charge in [0, 0.05) is 12.5 Å². The molecule has 0 fully saturated rings. The zero-order valence-electron chi connectivity index (χ0n) is 12.9. The number of aromatic carboxylic acids is 1. The molecule has 1 aromatic carbocycles. The number of benzene rings is 1.